The van der Waals surface area contributed by atoms with Gasteiger partial charge in [0.15, 0.2) is 0 Å². The van der Waals surface area contributed by atoms with Crippen LogP contribution in [0, 0.1) is 0 Å². The molecule has 4 heteroatoms. The minimum Gasteiger partial charge on any atom is -0.325 e. The van der Waals surface area contributed by atoms with E-state index < -0.39 is 0 Å². The second-order valence-electron chi connectivity index (χ2n) is 5.58. The van der Waals surface area contributed by atoms with E-state index in [4.69, 9.17) is 0 Å². The van der Waals surface area contributed by atoms with Crippen molar-refractivity contribution >= 4 is 6.03 Å². The second kappa shape index (κ2) is 4.84. The molecule has 0 aromatic carbocycles. The molecule has 0 atom stereocenters. The topological polar surface area (TPSA) is 26.8 Å². The molecule has 0 spiro atoms. The lowest BCUT2D eigenvalue weighted by molar-refractivity contribution is 0.117. The van der Waals surface area contributed by atoms with Crippen LogP contribution in [0.2, 0.25) is 0 Å². The number of nitrogens with zero attached hydrogens (tertiary/aromatic N) is 3. The molecule has 0 radical (unpaired) electrons. The largest absolute Gasteiger partial charge is 0.325 e. The van der Waals surface area contributed by atoms with Crippen LogP contribution in [0.3, 0.4) is 0 Å². The zero-order valence-electron chi connectivity index (χ0n) is 10.6. The Kier molecular flexibility index (Phi) is 3.23. The first-order chi connectivity index (χ1) is 8.34. The van der Waals surface area contributed by atoms with Crippen LogP contribution in [-0.2, 0) is 0 Å². The van der Waals surface area contributed by atoms with Crippen molar-refractivity contribution in [3.05, 3.63) is 0 Å². The van der Waals surface area contributed by atoms with E-state index in [-0.39, 0.29) is 6.03 Å². The lowest BCUT2D eigenvalue weighted by Gasteiger charge is -2.37. The van der Waals surface area contributed by atoms with Gasteiger partial charge in [-0.3, -0.25) is 4.90 Å². The maximum atomic E-state index is 12.1. The smallest absolute Gasteiger partial charge is 0.320 e. The Morgan fingerprint density at radius 2 is 1.41 bits per heavy atom. The Bertz CT molecular complexity index is 286. The minimum absolute atomic E-state index is 0.284. The van der Waals surface area contributed by atoms with E-state index in [0.29, 0.717) is 0 Å². The van der Waals surface area contributed by atoms with Gasteiger partial charge in [-0.2, -0.15) is 0 Å². The third-order valence-electron chi connectivity index (χ3n) is 4.52. The monoisotopic (exact) mass is 237 g/mol. The van der Waals surface area contributed by atoms with Gasteiger partial charge in [0.2, 0.25) is 0 Å². The summed E-state index contributed by atoms with van der Waals surface area (Å²) in [7, 11) is 0. The Labute approximate surface area is 104 Å². The van der Waals surface area contributed by atoms with Crippen LogP contribution >= 0.6 is 0 Å². The number of carbonyl (C=O) groups excluding carboxylic acids is 1. The summed E-state index contributed by atoms with van der Waals surface area (Å²) in [6.45, 7) is 6.12. The average molecular weight is 237 g/mol. The molecule has 0 unspecified atom stereocenters. The molecule has 2 amide bonds. The molecule has 96 valence electrons. The molecule has 3 fully saturated rings. The molecular formula is C13H23N3O. The van der Waals surface area contributed by atoms with Crippen molar-refractivity contribution < 1.29 is 4.79 Å². The predicted molar refractivity (Wildman–Crippen MR) is 67.0 cm³/mol. The molecule has 3 rings (SSSR count). The zero-order chi connectivity index (χ0) is 11.7. The van der Waals surface area contributed by atoms with Gasteiger partial charge in [-0.25, -0.2) is 4.79 Å². The minimum atomic E-state index is 0.284. The van der Waals surface area contributed by atoms with Crippen molar-refractivity contribution in [3.63, 3.8) is 0 Å². The Hall–Kier alpha value is -0.770. The van der Waals surface area contributed by atoms with E-state index in [9.17, 15) is 4.79 Å². The number of hydrogen-bond acceptors (Lipinski definition) is 2. The highest BCUT2D eigenvalue weighted by molar-refractivity contribution is 5.75. The van der Waals surface area contributed by atoms with Crippen LogP contribution < -0.4 is 0 Å². The summed E-state index contributed by atoms with van der Waals surface area (Å²) < 4.78 is 0. The standard InChI is InChI=1S/C13H23N3O/c17-13(15-7-3-8-15)16-9-2-6-14(10-11-16)12-4-1-5-12/h12H,1-11H2. The molecule has 0 aromatic rings. The summed E-state index contributed by atoms with van der Waals surface area (Å²) in [5.41, 5.74) is 0. The van der Waals surface area contributed by atoms with Crippen LogP contribution in [0.25, 0.3) is 0 Å². The number of urea groups is 1. The lowest BCUT2D eigenvalue weighted by atomic mass is 9.91. The third kappa shape index (κ3) is 2.28. The zero-order valence-corrected chi connectivity index (χ0v) is 10.6. The number of carbonyl (C=O) groups is 1. The molecule has 1 aliphatic carbocycles. The lowest BCUT2D eigenvalue weighted by Crippen LogP contribution is -2.50. The molecule has 1 saturated carbocycles. The molecule has 4 nitrogen and oxygen atoms in total. The summed E-state index contributed by atoms with van der Waals surface area (Å²) in [4.78, 5) is 18.8. The van der Waals surface area contributed by atoms with Crippen LogP contribution in [0.1, 0.15) is 32.1 Å². The van der Waals surface area contributed by atoms with Crippen molar-refractivity contribution in [2.75, 3.05) is 39.3 Å². The summed E-state index contributed by atoms with van der Waals surface area (Å²) in [5, 5.41) is 0. The first-order valence-corrected chi connectivity index (χ1v) is 7.12. The fourth-order valence-electron chi connectivity index (χ4n) is 2.95. The van der Waals surface area contributed by atoms with Crippen molar-refractivity contribution in [3.8, 4) is 0 Å². The molecule has 0 N–H and O–H groups in total. The van der Waals surface area contributed by atoms with E-state index in [2.05, 4.69) is 9.80 Å². The fraction of sp³-hybridized carbons (Fsp3) is 0.923. The quantitative estimate of drug-likeness (QED) is 0.689. The van der Waals surface area contributed by atoms with Gasteiger partial charge in [0.05, 0.1) is 0 Å². The summed E-state index contributed by atoms with van der Waals surface area (Å²) in [6.07, 6.45) is 6.49. The van der Waals surface area contributed by atoms with Gasteiger partial charge in [0, 0.05) is 45.3 Å². The van der Waals surface area contributed by atoms with Gasteiger partial charge in [-0.05, 0) is 25.7 Å². The SMILES string of the molecule is O=C(N1CCC1)N1CCCN(C2CCC2)CC1. The highest BCUT2D eigenvalue weighted by Crippen LogP contribution is 2.25. The Balaban J connectivity index is 1.52. The molecule has 3 aliphatic rings. The van der Waals surface area contributed by atoms with E-state index in [1.54, 1.807) is 0 Å². The fourth-order valence-corrected chi connectivity index (χ4v) is 2.95. The molecule has 2 aliphatic heterocycles. The van der Waals surface area contributed by atoms with Crippen molar-refractivity contribution in [2.24, 2.45) is 0 Å². The number of amides is 2. The number of rotatable bonds is 1. The van der Waals surface area contributed by atoms with Gasteiger partial charge >= 0.3 is 6.03 Å². The summed E-state index contributed by atoms with van der Waals surface area (Å²) in [5.74, 6) is 0. The van der Waals surface area contributed by atoms with Gasteiger partial charge < -0.3 is 9.80 Å². The van der Waals surface area contributed by atoms with Gasteiger partial charge in [0.25, 0.3) is 0 Å². The summed E-state index contributed by atoms with van der Waals surface area (Å²) >= 11 is 0. The maximum Gasteiger partial charge on any atom is 0.320 e. The van der Waals surface area contributed by atoms with E-state index in [0.717, 1.165) is 45.2 Å². The van der Waals surface area contributed by atoms with Crippen LogP contribution in [0.5, 0.6) is 0 Å². The van der Waals surface area contributed by atoms with Crippen LogP contribution in [0.15, 0.2) is 0 Å². The average Bonchev–Trinajstić information content (AvgIpc) is 2.38. The number of hydrogen-bond donors (Lipinski definition) is 0. The van der Waals surface area contributed by atoms with Crippen LogP contribution in [-0.4, -0.2) is 66.0 Å². The number of likely N-dealkylation sites (tertiary alicyclic amines) is 1. The van der Waals surface area contributed by atoms with Crippen molar-refractivity contribution in [1.29, 1.82) is 0 Å². The van der Waals surface area contributed by atoms with Crippen molar-refractivity contribution in [2.45, 2.75) is 38.1 Å². The maximum absolute atomic E-state index is 12.1. The molecule has 0 bridgehead atoms. The van der Waals surface area contributed by atoms with Gasteiger partial charge in [-0.15, -0.1) is 0 Å². The molecular weight excluding hydrogens is 214 g/mol. The summed E-state index contributed by atoms with van der Waals surface area (Å²) in [6, 6.07) is 1.11. The molecule has 2 saturated heterocycles. The Morgan fingerprint density at radius 3 is 2.00 bits per heavy atom. The van der Waals surface area contributed by atoms with Gasteiger partial charge in [0.1, 0.15) is 0 Å². The van der Waals surface area contributed by atoms with E-state index >= 15 is 0 Å². The first-order valence-electron chi connectivity index (χ1n) is 7.12. The predicted octanol–water partition coefficient (Wildman–Crippen LogP) is 1.37. The molecule has 2 heterocycles. The second-order valence-corrected chi connectivity index (χ2v) is 5.58. The van der Waals surface area contributed by atoms with Crippen LogP contribution in [0.4, 0.5) is 4.79 Å². The third-order valence-corrected chi connectivity index (χ3v) is 4.52. The Morgan fingerprint density at radius 1 is 0.765 bits per heavy atom. The van der Waals surface area contributed by atoms with E-state index in [1.807, 2.05) is 4.90 Å². The normalized spacial score (nSPS) is 27.3. The highest BCUT2D eigenvalue weighted by Gasteiger charge is 2.30. The highest BCUT2D eigenvalue weighted by atomic mass is 16.2. The van der Waals surface area contributed by atoms with Gasteiger partial charge in [-0.1, -0.05) is 6.42 Å². The molecule has 17 heavy (non-hydrogen) atoms. The van der Waals surface area contributed by atoms with E-state index in [1.165, 1.54) is 32.2 Å². The first kappa shape index (κ1) is 11.3. The van der Waals surface area contributed by atoms with Crippen molar-refractivity contribution in [1.82, 2.24) is 14.7 Å². The molecule has 0 aromatic heterocycles.